The summed E-state index contributed by atoms with van der Waals surface area (Å²) in [6.45, 7) is 9.72. The van der Waals surface area contributed by atoms with Gasteiger partial charge in [-0.25, -0.2) is 0 Å². The Morgan fingerprint density at radius 1 is 1.27 bits per heavy atom. The Balaban J connectivity index is 2.39. The molecule has 0 aliphatic heterocycles. The Kier molecular flexibility index (Phi) is 5.19. The molecule has 4 heteroatoms. The third-order valence-electron chi connectivity index (χ3n) is 2.78. The van der Waals surface area contributed by atoms with Crippen molar-refractivity contribution in [2.75, 3.05) is 6.54 Å². The molecule has 1 aromatic heterocycles. The molecule has 0 spiro atoms. The van der Waals surface area contributed by atoms with Gasteiger partial charge < -0.3 is 5.32 Å². The zero-order valence-electron chi connectivity index (χ0n) is 10.1. The summed E-state index contributed by atoms with van der Waals surface area (Å²) in [6.07, 6.45) is 2.48. The summed E-state index contributed by atoms with van der Waals surface area (Å²) in [6, 6.07) is 0.330. The van der Waals surface area contributed by atoms with E-state index in [2.05, 4.69) is 36.3 Å². The summed E-state index contributed by atoms with van der Waals surface area (Å²) in [5, 5.41) is 13.8. The van der Waals surface area contributed by atoms with Gasteiger partial charge in [-0.05, 0) is 26.3 Å². The first kappa shape index (κ1) is 12.6. The zero-order valence-corrected chi connectivity index (χ0v) is 10.9. The molecule has 0 radical (unpaired) electrons. The SMILES string of the molecule is CCC(CC)CNC(C)c1nnc(C)s1. The van der Waals surface area contributed by atoms with Crippen molar-refractivity contribution in [2.45, 2.75) is 46.6 Å². The smallest absolute Gasteiger partial charge is 0.134 e. The minimum atomic E-state index is 0.330. The van der Waals surface area contributed by atoms with E-state index in [1.807, 2.05) is 6.92 Å². The molecule has 0 amide bonds. The highest BCUT2D eigenvalue weighted by molar-refractivity contribution is 7.11. The molecule has 3 nitrogen and oxygen atoms in total. The molecule has 1 unspecified atom stereocenters. The number of nitrogens with zero attached hydrogens (tertiary/aromatic N) is 2. The second-order valence-corrected chi connectivity index (χ2v) is 5.18. The summed E-state index contributed by atoms with van der Waals surface area (Å²) >= 11 is 1.68. The van der Waals surface area contributed by atoms with Crippen LogP contribution >= 0.6 is 11.3 Å². The summed E-state index contributed by atoms with van der Waals surface area (Å²) in [5.74, 6) is 0.779. The number of rotatable bonds is 6. The maximum atomic E-state index is 4.15. The van der Waals surface area contributed by atoms with Crippen molar-refractivity contribution in [1.82, 2.24) is 15.5 Å². The fourth-order valence-corrected chi connectivity index (χ4v) is 2.22. The van der Waals surface area contributed by atoms with E-state index in [0.717, 1.165) is 22.5 Å². The minimum absolute atomic E-state index is 0.330. The van der Waals surface area contributed by atoms with Gasteiger partial charge in [0.25, 0.3) is 0 Å². The van der Waals surface area contributed by atoms with Gasteiger partial charge in [0, 0.05) is 0 Å². The van der Waals surface area contributed by atoms with Crippen LogP contribution in [0.15, 0.2) is 0 Å². The summed E-state index contributed by atoms with van der Waals surface area (Å²) < 4.78 is 0. The van der Waals surface area contributed by atoms with Crippen LogP contribution in [0.3, 0.4) is 0 Å². The number of hydrogen-bond acceptors (Lipinski definition) is 4. The predicted molar refractivity (Wildman–Crippen MR) is 65.1 cm³/mol. The van der Waals surface area contributed by atoms with Crippen molar-refractivity contribution in [1.29, 1.82) is 0 Å². The molecule has 0 bridgehead atoms. The van der Waals surface area contributed by atoms with Gasteiger partial charge in [-0.2, -0.15) is 0 Å². The highest BCUT2D eigenvalue weighted by atomic mass is 32.1. The second-order valence-electron chi connectivity index (χ2n) is 3.97. The third kappa shape index (κ3) is 3.87. The van der Waals surface area contributed by atoms with Gasteiger partial charge >= 0.3 is 0 Å². The first-order valence-corrected chi connectivity index (χ1v) is 6.52. The van der Waals surface area contributed by atoms with Crippen molar-refractivity contribution in [3.63, 3.8) is 0 Å². The predicted octanol–water partition coefficient (Wildman–Crippen LogP) is 2.93. The van der Waals surface area contributed by atoms with Gasteiger partial charge in [0.2, 0.25) is 0 Å². The number of aryl methyl sites for hydroxylation is 1. The summed E-state index contributed by atoms with van der Waals surface area (Å²) in [7, 11) is 0. The fraction of sp³-hybridized carbons (Fsp3) is 0.818. The van der Waals surface area contributed by atoms with E-state index in [0.29, 0.717) is 6.04 Å². The molecule has 1 aromatic rings. The van der Waals surface area contributed by atoms with E-state index in [4.69, 9.17) is 0 Å². The van der Waals surface area contributed by atoms with Crippen molar-refractivity contribution in [3.05, 3.63) is 10.0 Å². The zero-order chi connectivity index (χ0) is 11.3. The Morgan fingerprint density at radius 2 is 1.93 bits per heavy atom. The molecule has 0 saturated heterocycles. The van der Waals surface area contributed by atoms with Crippen molar-refractivity contribution in [3.8, 4) is 0 Å². The van der Waals surface area contributed by atoms with E-state index >= 15 is 0 Å². The highest BCUT2D eigenvalue weighted by Gasteiger charge is 2.11. The van der Waals surface area contributed by atoms with Crippen LogP contribution in [0.2, 0.25) is 0 Å². The Hall–Kier alpha value is -0.480. The lowest BCUT2D eigenvalue weighted by Gasteiger charge is -2.16. The van der Waals surface area contributed by atoms with Crippen LogP contribution in [0.4, 0.5) is 0 Å². The van der Waals surface area contributed by atoms with Crippen LogP contribution in [0.25, 0.3) is 0 Å². The van der Waals surface area contributed by atoms with Gasteiger partial charge in [0.05, 0.1) is 6.04 Å². The third-order valence-corrected chi connectivity index (χ3v) is 3.80. The molecule has 0 aromatic carbocycles. The average Bonchev–Trinajstić information content (AvgIpc) is 2.66. The Bertz CT molecular complexity index is 281. The van der Waals surface area contributed by atoms with Crippen molar-refractivity contribution in [2.24, 2.45) is 5.92 Å². The molecule has 1 N–H and O–H groups in total. The molecule has 1 rings (SSSR count). The van der Waals surface area contributed by atoms with Gasteiger partial charge in [0.15, 0.2) is 0 Å². The number of hydrogen-bond donors (Lipinski definition) is 1. The maximum Gasteiger partial charge on any atom is 0.134 e. The van der Waals surface area contributed by atoms with Crippen LogP contribution in [0, 0.1) is 12.8 Å². The average molecular weight is 227 g/mol. The lowest BCUT2D eigenvalue weighted by atomic mass is 10.0. The van der Waals surface area contributed by atoms with E-state index < -0.39 is 0 Å². The van der Waals surface area contributed by atoms with Gasteiger partial charge in [-0.15, -0.1) is 21.5 Å². The van der Waals surface area contributed by atoms with Crippen LogP contribution in [-0.4, -0.2) is 16.7 Å². The number of nitrogens with one attached hydrogen (secondary N) is 1. The molecule has 15 heavy (non-hydrogen) atoms. The van der Waals surface area contributed by atoms with E-state index in [9.17, 15) is 0 Å². The summed E-state index contributed by atoms with van der Waals surface area (Å²) in [4.78, 5) is 0. The van der Waals surface area contributed by atoms with Gasteiger partial charge in [-0.1, -0.05) is 26.7 Å². The molecule has 86 valence electrons. The molecule has 1 heterocycles. The van der Waals surface area contributed by atoms with Gasteiger partial charge in [0.1, 0.15) is 10.0 Å². The van der Waals surface area contributed by atoms with Crippen molar-refractivity contribution >= 4 is 11.3 Å². The molecule has 0 saturated carbocycles. The minimum Gasteiger partial charge on any atom is -0.308 e. The van der Waals surface area contributed by atoms with Crippen LogP contribution < -0.4 is 5.32 Å². The second kappa shape index (κ2) is 6.18. The Morgan fingerprint density at radius 3 is 2.40 bits per heavy atom. The lowest BCUT2D eigenvalue weighted by Crippen LogP contribution is -2.25. The number of aromatic nitrogens is 2. The van der Waals surface area contributed by atoms with E-state index in [-0.39, 0.29) is 0 Å². The first-order chi connectivity index (χ1) is 7.17. The monoisotopic (exact) mass is 227 g/mol. The quantitative estimate of drug-likeness (QED) is 0.812. The summed E-state index contributed by atoms with van der Waals surface area (Å²) in [5.41, 5.74) is 0. The largest absolute Gasteiger partial charge is 0.308 e. The molecular weight excluding hydrogens is 206 g/mol. The fourth-order valence-electron chi connectivity index (χ4n) is 1.49. The molecular formula is C11H21N3S. The lowest BCUT2D eigenvalue weighted by molar-refractivity contribution is 0.421. The first-order valence-electron chi connectivity index (χ1n) is 5.70. The van der Waals surface area contributed by atoms with E-state index in [1.165, 1.54) is 12.8 Å². The highest BCUT2D eigenvalue weighted by Crippen LogP contribution is 2.17. The van der Waals surface area contributed by atoms with Crippen LogP contribution in [0.5, 0.6) is 0 Å². The van der Waals surface area contributed by atoms with Crippen molar-refractivity contribution < 1.29 is 0 Å². The van der Waals surface area contributed by atoms with E-state index in [1.54, 1.807) is 11.3 Å². The van der Waals surface area contributed by atoms with Crippen LogP contribution in [0.1, 0.15) is 49.7 Å². The molecule has 1 atom stereocenters. The molecule has 0 fully saturated rings. The molecule has 0 aliphatic carbocycles. The topological polar surface area (TPSA) is 37.8 Å². The Labute approximate surface area is 96.3 Å². The maximum absolute atomic E-state index is 4.15. The standard InChI is InChI=1S/C11H21N3S/c1-5-10(6-2)7-12-8(3)11-14-13-9(4)15-11/h8,10,12H,5-7H2,1-4H3. The van der Waals surface area contributed by atoms with Crippen LogP contribution in [-0.2, 0) is 0 Å². The normalized spacial score (nSPS) is 13.4. The van der Waals surface area contributed by atoms with Gasteiger partial charge in [-0.3, -0.25) is 0 Å². The molecule has 0 aliphatic rings.